The van der Waals surface area contributed by atoms with E-state index < -0.39 is 29.3 Å². The summed E-state index contributed by atoms with van der Waals surface area (Å²) in [5, 5.41) is 11.8. The Labute approximate surface area is 171 Å². The van der Waals surface area contributed by atoms with Crippen LogP contribution in [0.15, 0.2) is 53.8 Å². The Kier molecular flexibility index (Phi) is 6.38. The lowest BCUT2D eigenvalue weighted by atomic mass is 10.0. The predicted molar refractivity (Wildman–Crippen MR) is 106 cm³/mol. The van der Waals surface area contributed by atoms with Crippen LogP contribution in [0, 0.1) is 0 Å². The number of benzene rings is 1. The normalized spacial score (nSPS) is 20.9. The number of thioether (sulfide) groups is 1. The molecule has 8 nitrogen and oxygen atoms in total. The number of allylic oxidation sites excluding steroid dienone is 1. The van der Waals surface area contributed by atoms with Crippen molar-refractivity contribution in [2.75, 3.05) is 12.4 Å². The van der Waals surface area contributed by atoms with Gasteiger partial charge in [-0.1, -0.05) is 30.3 Å². The zero-order valence-electron chi connectivity index (χ0n) is 15.7. The standard InChI is InChI=1S/C20H20N2O6S/c1-2-28-15(24)9-8-13-11-29-19-16(18(25)22(19)17(13)20(26)27)21-14(23)10-12-6-4-3-5-7-12/h3-9,16,19H,2,10-11H2,1H3,(H,21,23)(H,26,27)/t16?,19-/m0/s1. The minimum Gasteiger partial charge on any atom is -0.477 e. The fourth-order valence-corrected chi connectivity index (χ4v) is 4.45. The summed E-state index contributed by atoms with van der Waals surface area (Å²) in [7, 11) is 0. The Hall–Kier alpha value is -3.07. The summed E-state index contributed by atoms with van der Waals surface area (Å²) in [4.78, 5) is 49.2. The van der Waals surface area contributed by atoms with E-state index in [0.29, 0.717) is 5.57 Å². The molecule has 2 aliphatic heterocycles. The summed E-state index contributed by atoms with van der Waals surface area (Å²) >= 11 is 1.33. The zero-order chi connectivity index (χ0) is 21.0. The molecule has 0 spiro atoms. The molecule has 2 heterocycles. The SMILES string of the molecule is CCOC(=O)C=CC1=C(C(=O)O)N2C(=O)C(NC(=O)Cc3ccccc3)[C@@H]2SC1. The van der Waals surface area contributed by atoms with Crippen LogP contribution in [0.2, 0.25) is 0 Å². The highest BCUT2D eigenvalue weighted by atomic mass is 32.2. The molecule has 9 heteroatoms. The molecule has 1 fully saturated rings. The molecular weight excluding hydrogens is 396 g/mol. The summed E-state index contributed by atoms with van der Waals surface area (Å²) in [6, 6.07) is 8.35. The first-order chi connectivity index (χ1) is 13.9. The maximum Gasteiger partial charge on any atom is 0.352 e. The molecule has 0 radical (unpaired) electrons. The molecule has 1 aromatic carbocycles. The number of carbonyl (C=O) groups excluding carboxylic acids is 3. The number of fused-ring (bicyclic) bond motifs is 1. The molecule has 2 N–H and O–H groups in total. The van der Waals surface area contributed by atoms with E-state index in [4.69, 9.17) is 4.74 Å². The third-order valence-electron chi connectivity index (χ3n) is 4.43. The second kappa shape index (κ2) is 8.95. The number of hydrogen-bond donors (Lipinski definition) is 2. The molecular formula is C20H20N2O6S. The van der Waals surface area contributed by atoms with Crippen molar-refractivity contribution in [1.82, 2.24) is 10.2 Å². The number of ether oxygens (including phenoxy) is 1. The Morgan fingerprint density at radius 1 is 1.31 bits per heavy atom. The number of carbonyl (C=O) groups is 4. The average molecular weight is 416 g/mol. The quantitative estimate of drug-likeness (QED) is 0.389. The van der Waals surface area contributed by atoms with Gasteiger partial charge in [0.05, 0.1) is 13.0 Å². The van der Waals surface area contributed by atoms with E-state index in [9.17, 15) is 24.3 Å². The van der Waals surface area contributed by atoms with E-state index in [2.05, 4.69) is 5.32 Å². The lowest BCUT2D eigenvalue weighted by Gasteiger charge is -2.49. The Morgan fingerprint density at radius 3 is 2.69 bits per heavy atom. The second-order valence-corrected chi connectivity index (χ2v) is 7.49. The molecule has 152 valence electrons. The molecule has 0 bridgehead atoms. The van der Waals surface area contributed by atoms with E-state index in [0.717, 1.165) is 16.5 Å². The number of nitrogens with one attached hydrogen (secondary N) is 1. The number of rotatable bonds is 7. The van der Waals surface area contributed by atoms with E-state index >= 15 is 0 Å². The smallest absolute Gasteiger partial charge is 0.352 e. The van der Waals surface area contributed by atoms with Crippen molar-refractivity contribution in [1.29, 1.82) is 0 Å². The monoisotopic (exact) mass is 416 g/mol. The Morgan fingerprint density at radius 2 is 2.03 bits per heavy atom. The van der Waals surface area contributed by atoms with Gasteiger partial charge in [-0.05, 0) is 24.1 Å². The second-order valence-electron chi connectivity index (χ2n) is 6.38. The molecule has 3 rings (SSSR count). The molecule has 1 unspecified atom stereocenters. The molecule has 2 amide bonds. The number of aliphatic carboxylic acids is 1. The van der Waals surface area contributed by atoms with Crippen molar-refractivity contribution < 1.29 is 29.0 Å². The van der Waals surface area contributed by atoms with Crippen LogP contribution in [0.5, 0.6) is 0 Å². The van der Waals surface area contributed by atoms with Gasteiger partial charge < -0.3 is 15.2 Å². The van der Waals surface area contributed by atoms with Gasteiger partial charge in [-0.25, -0.2) is 9.59 Å². The van der Waals surface area contributed by atoms with Gasteiger partial charge in [0.1, 0.15) is 17.1 Å². The topological polar surface area (TPSA) is 113 Å². The van der Waals surface area contributed by atoms with Crippen molar-refractivity contribution in [2.45, 2.75) is 24.8 Å². The van der Waals surface area contributed by atoms with E-state index in [-0.39, 0.29) is 30.4 Å². The third kappa shape index (κ3) is 4.51. The summed E-state index contributed by atoms with van der Waals surface area (Å²) < 4.78 is 4.79. The van der Waals surface area contributed by atoms with Gasteiger partial charge in [0, 0.05) is 11.8 Å². The van der Waals surface area contributed by atoms with Crippen molar-refractivity contribution in [2.24, 2.45) is 0 Å². The fraction of sp³-hybridized carbons (Fsp3) is 0.300. The summed E-state index contributed by atoms with van der Waals surface area (Å²) in [5.74, 6) is -2.34. The largest absolute Gasteiger partial charge is 0.477 e. The number of carboxylic acids is 1. The zero-order valence-corrected chi connectivity index (χ0v) is 16.5. The third-order valence-corrected chi connectivity index (χ3v) is 5.73. The lowest BCUT2D eigenvalue weighted by molar-refractivity contribution is -0.150. The van der Waals surface area contributed by atoms with Crippen molar-refractivity contribution >= 4 is 35.5 Å². The Balaban J connectivity index is 1.70. The summed E-state index contributed by atoms with van der Waals surface area (Å²) in [6.07, 6.45) is 2.64. The van der Waals surface area contributed by atoms with Crippen LogP contribution in [0.4, 0.5) is 0 Å². The molecule has 0 saturated carbocycles. The molecule has 2 aliphatic rings. The van der Waals surface area contributed by atoms with Crippen LogP contribution < -0.4 is 5.32 Å². The molecule has 0 aliphatic carbocycles. The molecule has 2 atom stereocenters. The minimum atomic E-state index is -1.26. The van der Waals surface area contributed by atoms with Crippen LogP contribution in [0.1, 0.15) is 12.5 Å². The van der Waals surface area contributed by atoms with E-state index in [1.807, 2.05) is 30.3 Å². The van der Waals surface area contributed by atoms with E-state index in [1.165, 1.54) is 17.8 Å². The number of β-lactam (4-membered cyclic amide) rings is 1. The lowest BCUT2D eigenvalue weighted by Crippen LogP contribution is -2.70. The summed E-state index contributed by atoms with van der Waals surface area (Å²) in [6.45, 7) is 1.87. The predicted octanol–water partition coefficient (Wildman–Crippen LogP) is 1.09. The van der Waals surface area contributed by atoms with E-state index in [1.54, 1.807) is 6.92 Å². The first-order valence-corrected chi connectivity index (χ1v) is 10.1. The molecule has 0 aromatic heterocycles. The fourth-order valence-electron chi connectivity index (χ4n) is 3.14. The maximum absolute atomic E-state index is 12.6. The molecule has 29 heavy (non-hydrogen) atoms. The van der Waals surface area contributed by atoms with Gasteiger partial charge >= 0.3 is 11.9 Å². The number of amides is 2. The molecule has 1 aromatic rings. The van der Waals surface area contributed by atoms with Gasteiger partial charge in [0.25, 0.3) is 5.91 Å². The van der Waals surface area contributed by atoms with Gasteiger partial charge in [-0.15, -0.1) is 11.8 Å². The first kappa shape index (κ1) is 20.7. The van der Waals surface area contributed by atoms with Crippen molar-refractivity contribution in [3.05, 3.63) is 59.3 Å². The minimum absolute atomic E-state index is 0.136. The maximum atomic E-state index is 12.6. The first-order valence-electron chi connectivity index (χ1n) is 9.01. The van der Waals surface area contributed by atoms with Crippen LogP contribution in [0.25, 0.3) is 0 Å². The highest BCUT2D eigenvalue weighted by Gasteiger charge is 2.53. The van der Waals surface area contributed by atoms with Crippen molar-refractivity contribution in [3.8, 4) is 0 Å². The highest BCUT2D eigenvalue weighted by Crippen LogP contribution is 2.40. The van der Waals surface area contributed by atoms with Crippen LogP contribution in [-0.4, -0.2) is 57.5 Å². The highest BCUT2D eigenvalue weighted by molar-refractivity contribution is 8.00. The van der Waals surface area contributed by atoms with Crippen LogP contribution >= 0.6 is 11.8 Å². The Bertz CT molecular complexity index is 895. The number of hydrogen-bond acceptors (Lipinski definition) is 6. The van der Waals surface area contributed by atoms with Crippen LogP contribution in [0.3, 0.4) is 0 Å². The van der Waals surface area contributed by atoms with Crippen molar-refractivity contribution in [3.63, 3.8) is 0 Å². The number of nitrogens with zero attached hydrogens (tertiary/aromatic N) is 1. The van der Waals surface area contributed by atoms with Gasteiger partial charge in [-0.3, -0.25) is 14.5 Å². The van der Waals surface area contributed by atoms with Gasteiger partial charge in [0.15, 0.2) is 0 Å². The number of esters is 1. The number of carboxylic acid groups (broad SMARTS) is 1. The summed E-state index contributed by atoms with van der Waals surface area (Å²) in [5.41, 5.74) is 0.990. The van der Waals surface area contributed by atoms with Crippen LogP contribution in [-0.2, 0) is 30.3 Å². The van der Waals surface area contributed by atoms with Gasteiger partial charge in [-0.2, -0.15) is 0 Å². The average Bonchev–Trinajstić information content (AvgIpc) is 2.70. The molecule has 1 saturated heterocycles. The van der Waals surface area contributed by atoms with Gasteiger partial charge in [0.2, 0.25) is 5.91 Å².